The third-order valence-corrected chi connectivity index (χ3v) is 5.25. The van der Waals surface area contributed by atoms with E-state index >= 15 is 0 Å². The molecule has 3 N–H and O–H groups in total. The van der Waals surface area contributed by atoms with Gasteiger partial charge in [0.05, 0.1) is 17.8 Å². The van der Waals surface area contributed by atoms with Gasteiger partial charge < -0.3 is 20.9 Å². The molecule has 1 fully saturated rings. The second-order valence-electron chi connectivity index (χ2n) is 7.06. The number of nitrogens with zero attached hydrogens (tertiary/aromatic N) is 1. The molecule has 9 heteroatoms. The van der Waals surface area contributed by atoms with Gasteiger partial charge in [-0.05, 0) is 43.2 Å². The summed E-state index contributed by atoms with van der Waals surface area (Å²) in [5, 5.41) is 8.06. The third-order valence-electron chi connectivity index (χ3n) is 5.01. The number of hydrogen-bond donors (Lipinski definition) is 3. The first-order valence-electron chi connectivity index (χ1n) is 9.86. The Morgan fingerprint density at radius 3 is 2.55 bits per heavy atom. The summed E-state index contributed by atoms with van der Waals surface area (Å²) in [5.41, 5.74) is 0.950. The van der Waals surface area contributed by atoms with Crippen LogP contribution in [0.2, 0.25) is 5.02 Å². The minimum Gasteiger partial charge on any atom is -0.358 e. The molecule has 2 aromatic rings. The summed E-state index contributed by atoms with van der Waals surface area (Å²) in [6.07, 6.45) is 1.13. The van der Waals surface area contributed by atoms with Gasteiger partial charge in [-0.1, -0.05) is 29.8 Å². The fourth-order valence-electron chi connectivity index (χ4n) is 3.40. The lowest BCUT2D eigenvalue weighted by Gasteiger charge is -2.25. The smallest absolute Gasteiger partial charge is 0.256 e. The SMILES string of the molecule is CNC(=O)CNC(=O)[C@@H]1CCCN1C(=O)c1cc(Cl)ccc1NC(=O)c1ccccc1. The molecule has 0 saturated carbocycles. The summed E-state index contributed by atoms with van der Waals surface area (Å²) >= 11 is 6.11. The van der Waals surface area contributed by atoms with Gasteiger partial charge in [0.25, 0.3) is 11.8 Å². The molecule has 1 saturated heterocycles. The zero-order valence-corrected chi connectivity index (χ0v) is 17.7. The molecule has 1 aliphatic rings. The number of amides is 4. The lowest BCUT2D eigenvalue weighted by Crippen LogP contribution is -2.48. The molecular formula is C22H23ClN4O4. The number of carbonyl (C=O) groups excluding carboxylic acids is 4. The van der Waals surface area contributed by atoms with Gasteiger partial charge in [0, 0.05) is 24.2 Å². The number of hydrogen-bond acceptors (Lipinski definition) is 4. The predicted molar refractivity (Wildman–Crippen MR) is 117 cm³/mol. The maximum absolute atomic E-state index is 13.3. The van der Waals surface area contributed by atoms with E-state index in [1.54, 1.807) is 42.5 Å². The second kappa shape index (κ2) is 10.1. The molecule has 2 aromatic carbocycles. The van der Waals surface area contributed by atoms with Crippen LogP contribution in [0.4, 0.5) is 5.69 Å². The number of likely N-dealkylation sites (N-methyl/N-ethyl adjacent to an activating group) is 1. The van der Waals surface area contributed by atoms with Crippen molar-refractivity contribution in [3.05, 3.63) is 64.7 Å². The zero-order valence-electron chi connectivity index (χ0n) is 17.0. The Morgan fingerprint density at radius 2 is 1.84 bits per heavy atom. The van der Waals surface area contributed by atoms with Crippen LogP contribution in [0.25, 0.3) is 0 Å². The van der Waals surface area contributed by atoms with Crippen molar-refractivity contribution >= 4 is 40.9 Å². The van der Waals surface area contributed by atoms with E-state index in [9.17, 15) is 19.2 Å². The molecule has 4 amide bonds. The van der Waals surface area contributed by atoms with Crippen LogP contribution in [0.5, 0.6) is 0 Å². The quantitative estimate of drug-likeness (QED) is 0.636. The topological polar surface area (TPSA) is 108 Å². The molecular weight excluding hydrogens is 420 g/mol. The first kappa shape index (κ1) is 22.3. The minimum atomic E-state index is -0.700. The average Bonchev–Trinajstić information content (AvgIpc) is 3.28. The Morgan fingerprint density at radius 1 is 1.10 bits per heavy atom. The van der Waals surface area contributed by atoms with Crippen molar-refractivity contribution in [1.82, 2.24) is 15.5 Å². The number of likely N-dealkylation sites (tertiary alicyclic amines) is 1. The lowest BCUT2D eigenvalue weighted by atomic mass is 10.1. The van der Waals surface area contributed by atoms with Gasteiger partial charge in [-0.15, -0.1) is 0 Å². The molecule has 3 rings (SSSR count). The molecule has 31 heavy (non-hydrogen) atoms. The molecule has 0 aromatic heterocycles. The van der Waals surface area contributed by atoms with E-state index in [1.807, 2.05) is 0 Å². The summed E-state index contributed by atoms with van der Waals surface area (Å²) in [5.74, 6) is -1.50. The van der Waals surface area contributed by atoms with Crippen molar-refractivity contribution < 1.29 is 19.2 Å². The average molecular weight is 443 g/mol. The molecule has 0 bridgehead atoms. The van der Waals surface area contributed by atoms with Crippen molar-refractivity contribution in [2.45, 2.75) is 18.9 Å². The Balaban J connectivity index is 1.80. The van der Waals surface area contributed by atoms with Gasteiger partial charge in [-0.3, -0.25) is 19.2 Å². The Bertz CT molecular complexity index is 996. The number of rotatable bonds is 6. The monoisotopic (exact) mass is 442 g/mol. The van der Waals surface area contributed by atoms with Gasteiger partial charge in [0.1, 0.15) is 6.04 Å². The van der Waals surface area contributed by atoms with Crippen LogP contribution < -0.4 is 16.0 Å². The number of halogens is 1. The maximum atomic E-state index is 13.3. The highest BCUT2D eigenvalue weighted by Gasteiger charge is 2.35. The Hall–Kier alpha value is -3.39. The van der Waals surface area contributed by atoms with Crippen molar-refractivity contribution in [2.24, 2.45) is 0 Å². The van der Waals surface area contributed by atoms with Gasteiger partial charge in [0.15, 0.2) is 0 Å². The van der Waals surface area contributed by atoms with E-state index in [4.69, 9.17) is 11.6 Å². The first-order chi connectivity index (χ1) is 14.9. The molecule has 0 spiro atoms. The highest BCUT2D eigenvalue weighted by molar-refractivity contribution is 6.31. The van der Waals surface area contributed by atoms with E-state index in [2.05, 4.69) is 16.0 Å². The summed E-state index contributed by atoms with van der Waals surface area (Å²) in [7, 11) is 1.48. The number of anilines is 1. The minimum absolute atomic E-state index is 0.163. The Labute approximate surface area is 184 Å². The van der Waals surface area contributed by atoms with Crippen LogP contribution in [0.3, 0.4) is 0 Å². The highest BCUT2D eigenvalue weighted by Crippen LogP contribution is 2.27. The largest absolute Gasteiger partial charge is 0.358 e. The molecule has 8 nitrogen and oxygen atoms in total. The van der Waals surface area contributed by atoms with Crippen molar-refractivity contribution in [1.29, 1.82) is 0 Å². The molecule has 0 aliphatic carbocycles. The van der Waals surface area contributed by atoms with Crippen LogP contribution in [0, 0.1) is 0 Å². The van der Waals surface area contributed by atoms with Gasteiger partial charge >= 0.3 is 0 Å². The molecule has 1 aliphatic heterocycles. The van der Waals surface area contributed by atoms with E-state index in [0.29, 0.717) is 35.7 Å². The van der Waals surface area contributed by atoms with Crippen molar-refractivity contribution in [3.8, 4) is 0 Å². The van der Waals surface area contributed by atoms with Gasteiger partial charge in [0.2, 0.25) is 11.8 Å². The predicted octanol–water partition coefficient (Wildman–Crippen LogP) is 2.06. The van der Waals surface area contributed by atoms with Gasteiger partial charge in [-0.25, -0.2) is 0 Å². The fraction of sp³-hybridized carbons (Fsp3) is 0.273. The van der Waals surface area contributed by atoms with Crippen LogP contribution in [-0.2, 0) is 9.59 Å². The van der Waals surface area contributed by atoms with Crippen LogP contribution in [0.1, 0.15) is 33.6 Å². The van der Waals surface area contributed by atoms with Crippen LogP contribution in [-0.4, -0.2) is 54.7 Å². The normalized spacial score (nSPS) is 15.3. The van der Waals surface area contributed by atoms with E-state index in [0.717, 1.165) is 0 Å². The number of benzene rings is 2. The number of nitrogens with one attached hydrogen (secondary N) is 3. The van der Waals surface area contributed by atoms with Crippen molar-refractivity contribution in [2.75, 3.05) is 25.5 Å². The molecule has 0 unspecified atom stereocenters. The highest BCUT2D eigenvalue weighted by atomic mass is 35.5. The summed E-state index contributed by atoms with van der Waals surface area (Å²) in [4.78, 5) is 51.3. The van der Waals surface area contributed by atoms with E-state index in [-0.39, 0.29) is 23.9 Å². The second-order valence-corrected chi connectivity index (χ2v) is 7.49. The van der Waals surface area contributed by atoms with Gasteiger partial charge in [-0.2, -0.15) is 0 Å². The number of carbonyl (C=O) groups is 4. The molecule has 162 valence electrons. The third kappa shape index (κ3) is 5.40. The van der Waals surface area contributed by atoms with Crippen molar-refractivity contribution in [3.63, 3.8) is 0 Å². The molecule has 1 atom stereocenters. The van der Waals surface area contributed by atoms with Crippen LogP contribution >= 0.6 is 11.6 Å². The summed E-state index contributed by atoms with van der Waals surface area (Å²) < 4.78 is 0. The Kier molecular flexibility index (Phi) is 7.25. The zero-order chi connectivity index (χ0) is 22.4. The molecule has 1 heterocycles. The van der Waals surface area contributed by atoms with Crippen LogP contribution in [0.15, 0.2) is 48.5 Å². The first-order valence-corrected chi connectivity index (χ1v) is 10.2. The summed E-state index contributed by atoms with van der Waals surface area (Å²) in [6.45, 7) is 0.221. The standard InChI is InChI=1S/C22H23ClN4O4/c1-24-19(28)13-25-21(30)18-8-5-11-27(18)22(31)16-12-15(23)9-10-17(16)26-20(29)14-6-3-2-4-7-14/h2-4,6-7,9-10,12,18H,5,8,11,13H2,1H3,(H,24,28)(H,25,30)(H,26,29)/t18-/m0/s1. The molecule has 0 radical (unpaired) electrons. The fourth-order valence-corrected chi connectivity index (χ4v) is 3.57. The summed E-state index contributed by atoms with van der Waals surface area (Å²) in [6, 6.07) is 12.5. The maximum Gasteiger partial charge on any atom is 0.256 e. The lowest BCUT2D eigenvalue weighted by molar-refractivity contribution is -0.128. The van der Waals surface area contributed by atoms with E-state index in [1.165, 1.54) is 18.0 Å². The van der Waals surface area contributed by atoms with E-state index < -0.39 is 17.9 Å².